The number of rotatable bonds is 5. The largest absolute Gasteiger partial charge is 0.312 e. The van der Waals surface area contributed by atoms with Gasteiger partial charge in [-0.25, -0.2) is 0 Å². The van der Waals surface area contributed by atoms with Crippen LogP contribution in [0, 0.1) is 17.8 Å². The lowest BCUT2D eigenvalue weighted by Crippen LogP contribution is -2.25. The zero-order valence-corrected chi connectivity index (χ0v) is 13.2. The Bertz CT molecular complexity index is 589. The SMILES string of the molecule is c1ccc(-c2ccc(CNCC3CC4CCC3C4)s2)cc1. The zero-order chi connectivity index (χ0) is 14.1. The Labute approximate surface area is 131 Å². The molecule has 1 heterocycles. The topological polar surface area (TPSA) is 12.0 Å². The summed E-state index contributed by atoms with van der Waals surface area (Å²) in [6.07, 6.45) is 6.00. The molecule has 1 nitrogen and oxygen atoms in total. The fraction of sp³-hybridized carbons (Fsp3) is 0.474. The molecule has 2 heteroatoms. The van der Waals surface area contributed by atoms with Crippen LogP contribution in [0.25, 0.3) is 10.4 Å². The van der Waals surface area contributed by atoms with Gasteiger partial charge in [-0.2, -0.15) is 0 Å². The summed E-state index contributed by atoms with van der Waals surface area (Å²) in [5, 5.41) is 3.70. The molecule has 0 amide bonds. The molecule has 0 spiro atoms. The van der Waals surface area contributed by atoms with E-state index in [1.165, 1.54) is 47.5 Å². The van der Waals surface area contributed by atoms with Crippen molar-refractivity contribution < 1.29 is 0 Å². The van der Waals surface area contributed by atoms with Crippen LogP contribution in [0.4, 0.5) is 0 Å². The van der Waals surface area contributed by atoms with E-state index in [2.05, 4.69) is 47.8 Å². The number of benzene rings is 1. The van der Waals surface area contributed by atoms with Gasteiger partial charge < -0.3 is 5.32 Å². The van der Waals surface area contributed by atoms with E-state index in [-0.39, 0.29) is 0 Å². The summed E-state index contributed by atoms with van der Waals surface area (Å²) >= 11 is 1.92. The Morgan fingerprint density at radius 2 is 1.90 bits per heavy atom. The van der Waals surface area contributed by atoms with E-state index in [1.807, 2.05) is 11.3 Å². The van der Waals surface area contributed by atoms with Crippen LogP contribution in [0.2, 0.25) is 0 Å². The highest BCUT2D eigenvalue weighted by atomic mass is 32.1. The van der Waals surface area contributed by atoms with E-state index in [9.17, 15) is 0 Å². The van der Waals surface area contributed by atoms with Gasteiger partial charge in [0.1, 0.15) is 0 Å². The first-order valence-corrected chi connectivity index (χ1v) is 9.05. The number of hydrogen-bond donors (Lipinski definition) is 1. The highest BCUT2D eigenvalue weighted by Gasteiger charge is 2.38. The summed E-state index contributed by atoms with van der Waals surface area (Å²) in [5.41, 5.74) is 1.34. The molecule has 2 aliphatic carbocycles. The number of thiophene rings is 1. The Morgan fingerprint density at radius 3 is 2.67 bits per heavy atom. The van der Waals surface area contributed by atoms with Crippen LogP contribution in [0.15, 0.2) is 42.5 Å². The monoisotopic (exact) mass is 297 g/mol. The second-order valence-electron chi connectivity index (χ2n) is 6.70. The molecule has 110 valence electrons. The Kier molecular flexibility index (Phi) is 3.83. The molecule has 3 atom stereocenters. The van der Waals surface area contributed by atoms with Gasteiger partial charge in [0, 0.05) is 16.3 Å². The maximum absolute atomic E-state index is 3.70. The van der Waals surface area contributed by atoms with Crippen molar-refractivity contribution in [2.45, 2.75) is 32.2 Å². The number of hydrogen-bond acceptors (Lipinski definition) is 2. The second kappa shape index (κ2) is 5.94. The molecule has 0 radical (unpaired) electrons. The minimum atomic E-state index is 0.956. The summed E-state index contributed by atoms with van der Waals surface area (Å²) in [6, 6.07) is 15.2. The van der Waals surface area contributed by atoms with Crippen LogP contribution >= 0.6 is 11.3 Å². The molecule has 3 unspecified atom stereocenters. The minimum absolute atomic E-state index is 0.956. The smallest absolute Gasteiger partial charge is 0.0346 e. The van der Waals surface area contributed by atoms with Crippen LogP contribution in [0.1, 0.15) is 30.6 Å². The maximum atomic E-state index is 3.70. The molecule has 2 bridgehead atoms. The van der Waals surface area contributed by atoms with Gasteiger partial charge in [-0.1, -0.05) is 36.8 Å². The lowest BCUT2D eigenvalue weighted by Gasteiger charge is -2.21. The molecule has 21 heavy (non-hydrogen) atoms. The van der Waals surface area contributed by atoms with Gasteiger partial charge in [-0.3, -0.25) is 0 Å². The molecule has 0 saturated heterocycles. The summed E-state index contributed by atoms with van der Waals surface area (Å²) in [5.74, 6) is 3.05. The Balaban J connectivity index is 1.31. The van der Waals surface area contributed by atoms with Crippen LogP contribution in [0.5, 0.6) is 0 Å². The Hall–Kier alpha value is -1.12. The van der Waals surface area contributed by atoms with Crippen LogP contribution in [-0.2, 0) is 6.54 Å². The van der Waals surface area contributed by atoms with Gasteiger partial charge in [0.25, 0.3) is 0 Å². The lowest BCUT2D eigenvalue weighted by molar-refractivity contribution is 0.319. The molecule has 1 aromatic carbocycles. The van der Waals surface area contributed by atoms with Crippen molar-refractivity contribution >= 4 is 11.3 Å². The van der Waals surface area contributed by atoms with Crippen molar-refractivity contribution in [2.75, 3.05) is 6.54 Å². The molecule has 1 N–H and O–H groups in total. The molecule has 4 rings (SSSR count). The highest BCUT2D eigenvalue weighted by molar-refractivity contribution is 7.15. The molecular formula is C19H23NS. The van der Waals surface area contributed by atoms with E-state index >= 15 is 0 Å². The molecule has 0 aliphatic heterocycles. The first kappa shape index (κ1) is 13.5. The van der Waals surface area contributed by atoms with Crippen LogP contribution in [0.3, 0.4) is 0 Å². The zero-order valence-electron chi connectivity index (χ0n) is 12.4. The van der Waals surface area contributed by atoms with Crippen molar-refractivity contribution in [3.05, 3.63) is 47.3 Å². The molecular weight excluding hydrogens is 274 g/mol. The third kappa shape index (κ3) is 2.93. The predicted molar refractivity (Wildman–Crippen MR) is 90.4 cm³/mol. The first-order chi connectivity index (χ1) is 10.4. The third-order valence-corrected chi connectivity index (χ3v) is 6.44. The lowest BCUT2D eigenvalue weighted by atomic mass is 9.89. The molecule has 2 aliphatic rings. The standard InChI is InChI=1S/C19H23NS/c1-2-4-15(5-3-1)19-9-8-18(21-19)13-20-12-17-11-14-6-7-16(17)10-14/h1-5,8-9,14,16-17,20H,6-7,10-13H2. The van der Waals surface area contributed by atoms with E-state index < -0.39 is 0 Å². The van der Waals surface area contributed by atoms with Gasteiger partial charge in [0.05, 0.1) is 0 Å². The van der Waals surface area contributed by atoms with E-state index in [0.717, 1.165) is 24.3 Å². The normalized spacial score (nSPS) is 27.3. The Morgan fingerprint density at radius 1 is 1.00 bits per heavy atom. The van der Waals surface area contributed by atoms with E-state index in [1.54, 1.807) is 0 Å². The number of nitrogens with one attached hydrogen (secondary N) is 1. The molecule has 1 aromatic heterocycles. The summed E-state index contributed by atoms with van der Waals surface area (Å²) in [6.45, 7) is 2.26. The van der Waals surface area contributed by atoms with Gasteiger partial charge in [-0.15, -0.1) is 11.3 Å². The van der Waals surface area contributed by atoms with Crippen LogP contribution in [-0.4, -0.2) is 6.54 Å². The van der Waals surface area contributed by atoms with Crippen molar-refractivity contribution in [3.63, 3.8) is 0 Å². The van der Waals surface area contributed by atoms with Crippen molar-refractivity contribution in [2.24, 2.45) is 17.8 Å². The minimum Gasteiger partial charge on any atom is -0.312 e. The van der Waals surface area contributed by atoms with Gasteiger partial charge >= 0.3 is 0 Å². The molecule has 2 saturated carbocycles. The van der Waals surface area contributed by atoms with Gasteiger partial charge in [0.2, 0.25) is 0 Å². The summed E-state index contributed by atoms with van der Waals surface area (Å²) in [4.78, 5) is 2.84. The highest BCUT2D eigenvalue weighted by Crippen LogP contribution is 2.47. The summed E-state index contributed by atoms with van der Waals surface area (Å²) in [7, 11) is 0. The van der Waals surface area contributed by atoms with E-state index in [4.69, 9.17) is 0 Å². The average molecular weight is 297 g/mol. The summed E-state index contributed by atoms with van der Waals surface area (Å²) < 4.78 is 0. The fourth-order valence-corrected chi connectivity index (χ4v) is 5.22. The maximum Gasteiger partial charge on any atom is 0.0346 e. The van der Waals surface area contributed by atoms with Crippen molar-refractivity contribution in [1.82, 2.24) is 5.32 Å². The van der Waals surface area contributed by atoms with Gasteiger partial charge in [0.15, 0.2) is 0 Å². The second-order valence-corrected chi connectivity index (χ2v) is 7.87. The van der Waals surface area contributed by atoms with E-state index in [0.29, 0.717) is 0 Å². The fourth-order valence-electron chi connectivity index (χ4n) is 4.24. The molecule has 2 aromatic rings. The first-order valence-electron chi connectivity index (χ1n) is 8.23. The quantitative estimate of drug-likeness (QED) is 0.824. The predicted octanol–water partition coefficient (Wildman–Crippen LogP) is 4.94. The third-order valence-electron chi connectivity index (χ3n) is 5.31. The average Bonchev–Trinajstić information content (AvgIpc) is 3.24. The van der Waals surface area contributed by atoms with Crippen molar-refractivity contribution in [3.8, 4) is 10.4 Å². The van der Waals surface area contributed by atoms with Crippen molar-refractivity contribution in [1.29, 1.82) is 0 Å². The van der Waals surface area contributed by atoms with Gasteiger partial charge in [-0.05, 0) is 61.3 Å². The van der Waals surface area contributed by atoms with Crippen LogP contribution < -0.4 is 5.32 Å². The number of fused-ring (bicyclic) bond motifs is 2. The molecule has 2 fully saturated rings.